The van der Waals surface area contributed by atoms with Gasteiger partial charge in [0.1, 0.15) is 0 Å². The Hall–Kier alpha value is 0.310. The van der Waals surface area contributed by atoms with Crippen LogP contribution in [0.25, 0.3) is 0 Å². The molecule has 0 radical (unpaired) electrons. The summed E-state index contributed by atoms with van der Waals surface area (Å²) < 4.78 is 3.42. The molecule has 1 aliphatic rings. The van der Waals surface area contributed by atoms with Gasteiger partial charge in [0.25, 0.3) is 0 Å². The zero-order valence-corrected chi connectivity index (χ0v) is 8.25. The van der Waals surface area contributed by atoms with Crippen LogP contribution >= 0.6 is 11.9 Å². The van der Waals surface area contributed by atoms with Crippen molar-refractivity contribution in [3.05, 3.63) is 0 Å². The number of hydrogen-bond donors (Lipinski definition) is 1. The molecule has 0 aliphatic carbocycles. The molecule has 0 spiro atoms. The van der Waals surface area contributed by atoms with Crippen molar-refractivity contribution in [1.82, 2.24) is 4.72 Å². The predicted molar refractivity (Wildman–Crippen MR) is 52.7 cm³/mol. The Morgan fingerprint density at radius 3 is 2.91 bits per heavy atom. The van der Waals surface area contributed by atoms with Crippen molar-refractivity contribution < 1.29 is 0 Å². The van der Waals surface area contributed by atoms with E-state index in [1.54, 1.807) is 0 Å². The fourth-order valence-electron chi connectivity index (χ4n) is 1.40. The van der Waals surface area contributed by atoms with Crippen molar-refractivity contribution in [2.24, 2.45) is 5.92 Å². The molecule has 1 nitrogen and oxygen atoms in total. The highest BCUT2D eigenvalue weighted by molar-refractivity contribution is 7.97. The van der Waals surface area contributed by atoms with Crippen LogP contribution in [0.15, 0.2) is 0 Å². The topological polar surface area (TPSA) is 12.0 Å². The first kappa shape index (κ1) is 9.40. The highest BCUT2D eigenvalue weighted by Crippen LogP contribution is 2.14. The lowest BCUT2D eigenvalue weighted by Crippen LogP contribution is -2.15. The first-order valence-corrected chi connectivity index (χ1v) is 5.73. The van der Waals surface area contributed by atoms with Gasteiger partial charge in [-0.3, -0.25) is 4.72 Å². The number of rotatable bonds is 0. The van der Waals surface area contributed by atoms with E-state index in [1.165, 1.54) is 44.4 Å². The molecule has 2 heteroatoms. The summed E-state index contributed by atoms with van der Waals surface area (Å²) in [6.45, 7) is 3.54. The molecule has 1 atom stereocenters. The van der Waals surface area contributed by atoms with Crippen LogP contribution in [-0.2, 0) is 0 Å². The summed E-state index contributed by atoms with van der Waals surface area (Å²) >= 11 is 1.91. The van der Waals surface area contributed by atoms with Crippen molar-refractivity contribution in [1.29, 1.82) is 0 Å². The van der Waals surface area contributed by atoms with Crippen molar-refractivity contribution >= 4 is 11.9 Å². The molecule has 0 amide bonds. The fraction of sp³-hybridized carbons (Fsp3) is 1.00. The van der Waals surface area contributed by atoms with Crippen molar-refractivity contribution in [2.45, 2.75) is 39.0 Å². The van der Waals surface area contributed by atoms with Gasteiger partial charge in [0.15, 0.2) is 0 Å². The second kappa shape index (κ2) is 5.90. The van der Waals surface area contributed by atoms with Gasteiger partial charge in [-0.15, -0.1) is 0 Å². The van der Waals surface area contributed by atoms with Gasteiger partial charge in [-0.05, 0) is 18.8 Å². The summed E-state index contributed by atoms with van der Waals surface area (Å²) in [4.78, 5) is 0. The number of hydrogen-bond acceptors (Lipinski definition) is 2. The molecule has 1 saturated heterocycles. The maximum absolute atomic E-state index is 3.42. The molecule has 66 valence electrons. The highest BCUT2D eigenvalue weighted by atomic mass is 32.2. The summed E-state index contributed by atoms with van der Waals surface area (Å²) in [6, 6.07) is 0. The van der Waals surface area contributed by atoms with Crippen LogP contribution in [0.3, 0.4) is 0 Å². The summed E-state index contributed by atoms with van der Waals surface area (Å²) in [7, 11) is 0. The summed E-state index contributed by atoms with van der Waals surface area (Å²) in [5, 5.41) is 0. The largest absolute Gasteiger partial charge is 0.264 e. The third-order valence-corrected chi connectivity index (χ3v) is 3.09. The summed E-state index contributed by atoms with van der Waals surface area (Å²) in [5.41, 5.74) is 0. The molecule has 1 aliphatic heterocycles. The molecular weight excluding hydrogens is 154 g/mol. The van der Waals surface area contributed by atoms with Gasteiger partial charge in [-0.2, -0.15) is 0 Å². The van der Waals surface area contributed by atoms with Crippen LogP contribution in [0.1, 0.15) is 39.0 Å². The molecular formula is C9H19NS. The minimum absolute atomic E-state index is 0.876. The number of nitrogens with one attached hydrogen (secondary N) is 1. The molecule has 1 N–H and O–H groups in total. The minimum atomic E-state index is 0.876. The smallest absolute Gasteiger partial charge is 0.00842 e. The van der Waals surface area contributed by atoms with Crippen molar-refractivity contribution in [2.75, 3.05) is 12.3 Å². The van der Waals surface area contributed by atoms with Crippen LogP contribution in [0, 0.1) is 5.92 Å². The Bertz CT molecular complexity index is 85.6. The van der Waals surface area contributed by atoms with Crippen molar-refractivity contribution in [3.63, 3.8) is 0 Å². The van der Waals surface area contributed by atoms with E-state index < -0.39 is 0 Å². The van der Waals surface area contributed by atoms with Gasteiger partial charge in [0, 0.05) is 12.3 Å². The Labute approximate surface area is 74.5 Å². The van der Waals surface area contributed by atoms with E-state index in [0.29, 0.717) is 0 Å². The van der Waals surface area contributed by atoms with Crippen LogP contribution < -0.4 is 4.72 Å². The molecule has 1 rings (SSSR count). The Morgan fingerprint density at radius 1 is 1.18 bits per heavy atom. The molecule has 0 aromatic heterocycles. The summed E-state index contributed by atoms with van der Waals surface area (Å²) in [5.74, 6) is 2.17. The first-order chi connectivity index (χ1) is 5.39. The lowest BCUT2D eigenvalue weighted by Gasteiger charge is -2.13. The van der Waals surface area contributed by atoms with E-state index >= 15 is 0 Å². The molecule has 1 heterocycles. The quantitative estimate of drug-likeness (QED) is 0.565. The lowest BCUT2D eigenvalue weighted by atomic mass is 10.0. The van der Waals surface area contributed by atoms with Gasteiger partial charge in [-0.25, -0.2) is 0 Å². The Morgan fingerprint density at radius 2 is 2.00 bits per heavy atom. The molecule has 11 heavy (non-hydrogen) atoms. The van der Waals surface area contributed by atoms with Crippen molar-refractivity contribution in [3.8, 4) is 0 Å². The SMILES string of the molecule is C[C@H]1CCCCCCSNC1. The zero-order valence-electron chi connectivity index (χ0n) is 7.44. The van der Waals surface area contributed by atoms with E-state index in [0.717, 1.165) is 5.92 Å². The lowest BCUT2D eigenvalue weighted by molar-refractivity contribution is 0.485. The van der Waals surface area contributed by atoms with E-state index in [9.17, 15) is 0 Å². The maximum atomic E-state index is 3.42. The molecule has 0 saturated carbocycles. The van der Waals surface area contributed by atoms with Crippen LogP contribution in [0.2, 0.25) is 0 Å². The van der Waals surface area contributed by atoms with Gasteiger partial charge in [0.05, 0.1) is 0 Å². The average Bonchev–Trinajstić information content (AvgIpc) is 2.03. The second-order valence-corrected chi connectivity index (χ2v) is 4.49. The maximum Gasteiger partial charge on any atom is 0.00842 e. The molecule has 0 unspecified atom stereocenters. The average molecular weight is 173 g/mol. The third kappa shape index (κ3) is 4.70. The van der Waals surface area contributed by atoms with E-state index in [2.05, 4.69) is 11.6 Å². The van der Waals surface area contributed by atoms with Gasteiger partial charge < -0.3 is 0 Å². The van der Waals surface area contributed by atoms with Gasteiger partial charge >= 0.3 is 0 Å². The van der Waals surface area contributed by atoms with Gasteiger partial charge in [-0.1, -0.05) is 38.1 Å². The molecule has 0 aromatic carbocycles. The minimum Gasteiger partial charge on any atom is -0.264 e. The van der Waals surface area contributed by atoms with Crippen LogP contribution in [0.4, 0.5) is 0 Å². The highest BCUT2D eigenvalue weighted by Gasteiger charge is 2.03. The molecule has 1 fully saturated rings. The van der Waals surface area contributed by atoms with E-state index in [1.807, 2.05) is 11.9 Å². The third-order valence-electron chi connectivity index (χ3n) is 2.23. The van der Waals surface area contributed by atoms with E-state index in [4.69, 9.17) is 0 Å². The monoisotopic (exact) mass is 173 g/mol. The zero-order chi connectivity index (χ0) is 7.94. The first-order valence-electron chi connectivity index (χ1n) is 4.74. The molecule has 0 aromatic rings. The second-order valence-electron chi connectivity index (χ2n) is 3.50. The fourth-order valence-corrected chi connectivity index (χ4v) is 2.29. The summed E-state index contributed by atoms with van der Waals surface area (Å²) in [6.07, 6.45) is 7.12. The normalized spacial score (nSPS) is 29.7. The van der Waals surface area contributed by atoms with Gasteiger partial charge in [0.2, 0.25) is 0 Å². The van der Waals surface area contributed by atoms with E-state index in [-0.39, 0.29) is 0 Å². The Kier molecular flexibility index (Phi) is 5.04. The van der Waals surface area contributed by atoms with Crippen LogP contribution in [-0.4, -0.2) is 12.3 Å². The van der Waals surface area contributed by atoms with Crippen LogP contribution in [0.5, 0.6) is 0 Å². The Balaban J connectivity index is 2.12. The standard InChI is InChI=1S/C9H19NS/c1-9-6-4-2-3-5-7-11-10-8-9/h9-10H,2-8H2,1H3/t9-/m0/s1. The molecule has 0 bridgehead atoms. The predicted octanol–water partition coefficient (Wildman–Crippen LogP) is 2.82.